The molecular formula is C19H30N6O8S. The molecule has 0 saturated heterocycles. The predicted octanol–water partition coefficient (Wildman–Crippen LogP) is -2.57. The van der Waals surface area contributed by atoms with Crippen LogP contribution in [-0.4, -0.2) is 97.2 Å². The quantitative estimate of drug-likeness (QED) is 0.124. The number of carboxylic acids is 2. The van der Waals surface area contributed by atoms with Crippen LogP contribution in [0.3, 0.4) is 0 Å². The number of aliphatic hydroxyl groups is 1. The number of hydrogen-bond acceptors (Lipinski definition) is 9. The van der Waals surface area contributed by atoms with Crippen molar-refractivity contribution >= 4 is 41.4 Å². The molecule has 14 nitrogen and oxygen atoms in total. The monoisotopic (exact) mass is 502 g/mol. The normalized spacial score (nSPS) is 15.3. The number of thioether (sulfide) groups is 1. The van der Waals surface area contributed by atoms with Crippen LogP contribution in [0.15, 0.2) is 12.5 Å². The Morgan fingerprint density at radius 2 is 1.71 bits per heavy atom. The highest BCUT2D eigenvalue weighted by Crippen LogP contribution is 2.06. The molecule has 1 heterocycles. The number of H-pyrrole nitrogens is 1. The standard InChI is InChI=1S/C19H30N6O8S/c1-9(26)15(19(32)33)25-17(30)12(3-4-34-2)23-18(31)13(5-10-7-21-8-22-10)24-16(29)11(20)6-14(27)28/h7-9,11-13,15,26H,3-6,20H2,1-2H3,(H,21,22)(H,23,31)(H,24,29)(H,25,30)(H,27,28)(H,32,33). The number of nitrogens with one attached hydrogen (secondary N) is 4. The fourth-order valence-electron chi connectivity index (χ4n) is 2.80. The van der Waals surface area contributed by atoms with Crippen LogP contribution in [-0.2, 0) is 30.4 Å². The van der Waals surface area contributed by atoms with Gasteiger partial charge in [-0.05, 0) is 25.4 Å². The SMILES string of the molecule is CSCCC(NC(=O)C(Cc1cnc[nH]1)NC(=O)C(N)CC(=O)O)C(=O)NC(C(=O)O)C(C)O. The number of nitrogens with zero attached hydrogens (tertiary/aromatic N) is 1. The molecule has 5 atom stereocenters. The first-order valence-corrected chi connectivity index (χ1v) is 11.6. The van der Waals surface area contributed by atoms with E-state index >= 15 is 0 Å². The van der Waals surface area contributed by atoms with Gasteiger partial charge in [-0.2, -0.15) is 11.8 Å². The molecule has 0 radical (unpaired) electrons. The Labute approximate surface area is 199 Å². The van der Waals surface area contributed by atoms with Crippen LogP contribution in [0, 0.1) is 0 Å². The molecule has 0 spiro atoms. The van der Waals surface area contributed by atoms with Crippen molar-refractivity contribution in [3.8, 4) is 0 Å². The lowest BCUT2D eigenvalue weighted by atomic mass is 10.1. The zero-order valence-electron chi connectivity index (χ0n) is 18.7. The van der Waals surface area contributed by atoms with Crippen molar-refractivity contribution in [3.05, 3.63) is 18.2 Å². The summed E-state index contributed by atoms with van der Waals surface area (Å²) in [5, 5.41) is 34.7. The Balaban J connectivity index is 3.03. The summed E-state index contributed by atoms with van der Waals surface area (Å²) in [5.74, 6) is -4.80. The molecule has 0 aliphatic rings. The summed E-state index contributed by atoms with van der Waals surface area (Å²) < 4.78 is 0. The van der Waals surface area contributed by atoms with Gasteiger partial charge in [0.05, 0.1) is 24.9 Å². The summed E-state index contributed by atoms with van der Waals surface area (Å²) in [6, 6.07) is -5.41. The number of imidazole rings is 1. The third-order valence-electron chi connectivity index (χ3n) is 4.63. The molecule has 0 fully saturated rings. The Morgan fingerprint density at radius 1 is 1.09 bits per heavy atom. The maximum absolute atomic E-state index is 13.0. The Kier molecular flexibility index (Phi) is 12.0. The highest BCUT2D eigenvalue weighted by atomic mass is 32.2. The highest BCUT2D eigenvalue weighted by molar-refractivity contribution is 7.98. The van der Waals surface area contributed by atoms with Crippen molar-refractivity contribution in [2.75, 3.05) is 12.0 Å². The van der Waals surface area contributed by atoms with Gasteiger partial charge in [-0.3, -0.25) is 19.2 Å². The summed E-state index contributed by atoms with van der Waals surface area (Å²) in [6.45, 7) is 1.20. The van der Waals surface area contributed by atoms with E-state index in [4.69, 9.17) is 10.8 Å². The van der Waals surface area contributed by atoms with Gasteiger partial charge < -0.3 is 42.0 Å². The number of rotatable bonds is 15. The fraction of sp³-hybridized carbons (Fsp3) is 0.579. The minimum Gasteiger partial charge on any atom is -0.481 e. The number of nitrogens with two attached hydrogens (primary N) is 1. The van der Waals surface area contributed by atoms with Gasteiger partial charge >= 0.3 is 11.9 Å². The second-order valence-electron chi connectivity index (χ2n) is 7.45. The van der Waals surface area contributed by atoms with Crippen LogP contribution < -0.4 is 21.7 Å². The average Bonchev–Trinajstić information content (AvgIpc) is 3.26. The summed E-state index contributed by atoms with van der Waals surface area (Å²) in [6.07, 6.45) is 2.58. The van der Waals surface area contributed by atoms with Gasteiger partial charge in [0.1, 0.15) is 12.1 Å². The van der Waals surface area contributed by atoms with Crippen LogP contribution >= 0.6 is 11.8 Å². The van der Waals surface area contributed by atoms with Crippen LogP contribution in [0.4, 0.5) is 0 Å². The molecule has 190 valence electrons. The number of aliphatic hydroxyl groups excluding tert-OH is 1. The van der Waals surface area contributed by atoms with Gasteiger partial charge in [-0.1, -0.05) is 0 Å². The summed E-state index contributed by atoms with van der Waals surface area (Å²) in [7, 11) is 0. The fourth-order valence-corrected chi connectivity index (χ4v) is 3.28. The zero-order chi connectivity index (χ0) is 25.8. The van der Waals surface area contributed by atoms with Crippen LogP contribution in [0.5, 0.6) is 0 Å². The maximum Gasteiger partial charge on any atom is 0.328 e. The molecule has 15 heteroatoms. The van der Waals surface area contributed by atoms with Gasteiger partial charge in [-0.25, -0.2) is 9.78 Å². The second-order valence-corrected chi connectivity index (χ2v) is 8.44. The molecule has 5 unspecified atom stereocenters. The minimum absolute atomic E-state index is 0.0698. The molecule has 3 amide bonds. The molecule has 9 N–H and O–H groups in total. The molecule has 1 aromatic rings. The molecular weight excluding hydrogens is 472 g/mol. The van der Waals surface area contributed by atoms with Crippen molar-refractivity contribution in [1.82, 2.24) is 25.9 Å². The largest absolute Gasteiger partial charge is 0.481 e. The van der Waals surface area contributed by atoms with Crippen molar-refractivity contribution in [2.24, 2.45) is 5.73 Å². The van der Waals surface area contributed by atoms with E-state index in [1.807, 2.05) is 0 Å². The van der Waals surface area contributed by atoms with E-state index in [1.165, 1.54) is 31.2 Å². The average molecular weight is 503 g/mol. The van der Waals surface area contributed by atoms with Crippen molar-refractivity contribution in [1.29, 1.82) is 0 Å². The molecule has 0 aliphatic carbocycles. The first kappa shape index (κ1) is 28.9. The van der Waals surface area contributed by atoms with Crippen LogP contribution in [0.1, 0.15) is 25.5 Å². The topological polar surface area (TPSA) is 237 Å². The lowest BCUT2D eigenvalue weighted by molar-refractivity contribution is -0.145. The number of carbonyl (C=O) groups excluding carboxylic acids is 3. The van der Waals surface area contributed by atoms with E-state index in [1.54, 1.807) is 6.26 Å². The van der Waals surface area contributed by atoms with E-state index in [9.17, 15) is 34.2 Å². The summed E-state index contributed by atoms with van der Waals surface area (Å²) in [5.41, 5.74) is 6.05. The van der Waals surface area contributed by atoms with E-state index < -0.39 is 66.4 Å². The van der Waals surface area contributed by atoms with Gasteiger partial charge in [0.15, 0.2) is 6.04 Å². The molecule has 34 heavy (non-hydrogen) atoms. The van der Waals surface area contributed by atoms with E-state index in [2.05, 4.69) is 25.9 Å². The first-order chi connectivity index (χ1) is 16.0. The smallest absolute Gasteiger partial charge is 0.328 e. The maximum atomic E-state index is 13.0. The number of aromatic nitrogens is 2. The van der Waals surface area contributed by atoms with Crippen LogP contribution in [0.2, 0.25) is 0 Å². The number of hydrogen-bond donors (Lipinski definition) is 8. The Bertz CT molecular complexity index is 850. The lowest BCUT2D eigenvalue weighted by Crippen LogP contribution is -2.58. The lowest BCUT2D eigenvalue weighted by Gasteiger charge is -2.25. The van der Waals surface area contributed by atoms with Crippen molar-refractivity contribution in [2.45, 2.75) is 56.5 Å². The number of carboxylic acid groups (broad SMARTS) is 2. The van der Waals surface area contributed by atoms with Gasteiger partial charge in [0.25, 0.3) is 0 Å². The molecule has 1 aromatic heterocycles. The first-order valence-electron chi connectivity index (χ1n) is 10.2. The van der Waals surface area contributed by atoms with Gasteiger partial charge in [0, 0.05) is 18.3 Å². The molecule has 0 aliphatic heterocycles. The van der Waals surface area contributed by atoms with Gasteiger partial charge in [0.2, 0.25) is 17.7 Å². The summed E-state index contributed by atoms with van der Waals surface area (Å²) >= 11 is 1.39. The molecule has 1 rings (SSSR count). The van der Waals surface area contributed by atoms with E-state index in [-0.39, 0.29) is 12.8 Å². The van der Waals surface area contributed by atoms with Gasteiger partial charge in [-0.15, -0.1) is 0 Å². The molecule has 0 saturated carbocycles. The number of amides is 3. The number of aromatic amines is 1. The third kappa shape index (κ3) is 9.76. The van der Waals surface area contributed by atoms with E-state index in [0.717, 1.165) is 0 Å². The predicted molar refractivity (Wildman–Crippen MR) is 121 cm³/mol. The Hall–Kier alpha value is -3.17. The van der Waals surface area contributed by atoms with Crippen LogP contribution in [0.25, 0.3) is 0 Å². The molecule has 0 bridgehead atoms. The Morgan fingerprint density at radius 3 is 2.21 bits per heavy atom. The van der Waals surface area contributed by atoms with Crippen molar-refractivity contribution in [3.63, 3.8) is 0 Å². The molecule has 0 aromatic carbocycles. The number of carbonyl (C=O) groups is 5. The van der Waals surface area contributed by atoms with Crippen molar-refractivity contribution < 1.29 is 39.3 Å². The zero-order valence-corrected chi connectivity index (χ0v) is 19.5. The third-order valence-corrected chi connectivity index (χ3v) is 5.28. The van der Waals surface area contributed by atoms with E-state index in [0.29, 0.717) is 11.4 Å². The number of aliphatic carboxylic acids is 2. The highest BCUT2D eigenvalue weighted by Gasteiger charge is 2.32. The second kappa shape index (κ2) is 14.2. The summed E-state index contributed by atoms with van der Waals surface area (Å²) in [4.78, 5) is 66.8. The minimum atomic E-state index is -1.59.